The predicted octanol–water partition coefficient (Wildman–Crippen LogP) is 8.01. The molecular weight excluding hydrogens is 669 g/mol. The minimum absolute atomic E-state index is 0.00945. The second kappa shape index (κ2) is 15.7. The molecule has 1 aromatic heterocycles. The molecule has 1 aliphatic carbocycles. The highest BCUT2D eigenvalue weighted by atomic mass is 32.2. The minimum atomic E-state index is -0.586. The van der Waals surface area contributed by atoms with E-state index in [2.05, 4.69) is 42.8 Å². The number of anilines is 2. The van der Waals surface area contributed by atoms with Crippen LogP contribution < -0.4 is 20.7 Å². The van der Waals surface area contributed by atoms with E-state index in [1.165, 1.54) is 53.3 Å². The average Bonchev–Trinajstić information content (AvgIpc) is 3.44. The van der Waals surface area contributed by atoms with E-state index in [1.54, 1.807) is 61.5 Å². The van der Waals surface area contributed by atoms with E-state index >= 15 is 0 Å². The van der Waals surface area contributed by atoms with E-state index < -0.39 is 17.1 Å². The van der Waals surface area contributed by atoms with Gasteiger partial charge in [-0.05, 0) is 91.6 Å². The van der Waals surface area contributed by atoms with Crippen LogP contribution in [0.3, 0.4) is 0 Å². The molecule has 1 heterocycles. The van der Waals surface area contributed by atoms with Crippen molar-refractivity contribution in [2.75, 3.05) is 17.7 Å². The number of nitrogens with zero attached hydrogens (tertiary/aromatic N) is 1. The van der Waals surface area contributed by atoms with Gasteiger partial charge in [-0.1, -0.05) is 45.0 Å². The molecule has 0 saturated carbocycles. The van der Waals surface area contributed by atoms with Crippen molar-refractivity contribution in [1.82, 2.24) is 5.32 Å². The number of phenolic OH excluding ortho intramolecular Hbond substituents is 1. The monoisotopic (exact) mass is 708 g/mol. The van der Waals surface area contributed by atoms with Crippen molar-refractivity contribution in [1.29, 1.82) is 5.26 Å². The smallest absolute Gasteiger partial charge is 0.272 e. The quantitative estimate of drug-likeness (QED) is 0.0966. The third-order valence-electron chi connectivity index (χ3n) is 8.66. The molecule has 0 bridgehead atoms. The Kier molecular flexibility index (Phi) is 11.3. The normalized spacial score (nSPS) is 14.9. The molecule has 11 heteroatoms. The lowest BCUT2D eigenvalue weighted by atomic mass is 9.72. The molecule has 3 aromatic carbocycles. The van der Waals surface area contributed by atoms with Crippen LogP contribution in [0.1, 0.15) is 66.0 Å². The highest BCUT2D eigenvalue weighted by molar-refractivity contribution is 8.00. The molecule has 4 N–H and O–H groups in total. The van der Waals surface area contributed by atoms with Gasteiger partial charge in [-0.15, -0.1) is 23.1 Å². The maximum Gasteiger partial charge on any atom is 0.272 e. The predicted molar refractivity (Wildman–Crippen MR) is 200 cm³/mol. The van der Waals surface area contributed by atoms with Crippen LogP contribution in [0, 0.1) is 22.7 Å². The second-order valence-electron chi connectivity index (χ2n) is 13.2. The van der Waals surface area contributed by atoms with Gasteiger partial charge in [0.05, 0.1) is 17.9 Å². The fourth-order valence-corrected chi connectivity index (χ4v) is 7.97. The summed E-state index contributed by atoms with van der Waals surface area (Å²) in [5.41, 5.74) is 3.05. The van der Waals surface area contributed by atoms with Gasteiger partial charge in [-0.25, -0.2) is 0 Å². The fraction of sp³-hybridized carbons (Fsp3) is 0.282. The number of hydrogen-bond acceptors (Lipinski definition) is 8. The van der Waals surface area contributed by atoms with E-state index in [1.807, 2.05) is 6.07 Å². The molecule has 4 aromatic rings. The summed E-state index contributed by atoms with van der Waals surface area (Å²) in [6.45, 7) is 8.54. The molecule has 50 heavy (non-hydrogen) atoms. The fourth-order valence-electron chi connectivity index (χ4n) is 5.77. The second-order valence-corrected chi connectivity index (χ2v) is 15.7. The number of hydrogen-bond donors (Lipinski definition) is 4. The average molecular weight is 709 g/mol. The van der Waals surface area contributed by atoms with Gasteiger partial charge < -0.3 is 25.8 Å². The van der Waals surface area contributed by atoms with Crippen molar-refractivity contribution < 1.29 is 24.2 Å². The Hall–Kier alpha value is -5.05. The summed E-state index contributed by atoms with van der Waals surface area (Å²) in [7, 11) is 1.44. The maximum absolute atomic E-state index is 13.6. The highest BCUT2D eigenvalue weighted by Gasteiger charge is 2.32. The summed E-state index contributed by atoms with van der Waals surface area (Å²) >= 11 is 2.83. The van der Waals surface area contributed by atoms with E-state index in [0.29, 0.717) is 39.0 Å². The van der Waals surface area contributed by atoms with Gasteiger partial charge in [0, 0.05) is 32.7 Å². The zero-order valence-corrected chi connectivity index (χ0v) is 30.3. The van der Waals surface area contributed by atoms with E-state index in [9.17, 15) is 24.8 Å². The Labute approximate surface area is 300 Å². The largest absolute Gasteiger partial charge is 0.508 e. The third-order valence-corrected chi connectivity index (χ3v) is 10.9. The van der Waals surface area contributed by atoms with Crippen LogP contribution in [-0.4, -0.2) is 35.2 Å². The van der Waals surface area contributed by atoms with Crippen LogP contribution in [0.25, 0.3) is 6.08 Å². The van der Waals surface area contributed by atoms with Crippen molar-refractivity contribution in [2.24, 2.45) is 11.3 Å². The molecule has 258 valence electrons. The first-order valence-electron chi connectivity index (χ1n) is 16.2. The number of aromatic hydroxyl groups is 1. The first-order chi connectivity index (χ1) is 23.9. The number of carbonyl (C=O) groups excluding carboxylic acids is 3. The standard InChI is InChI=1S/C39H40N4O5S2/c1-23(35(45)43-38-31(22-40)30-17-15-26(39(2,3)4)19-34(30)50-38)49-29-13-9-12-27(20-29)41-37(47)32(42-36(46)24-10-7-6-8-11-24)18-25-14-16-28(44)21-33(25)48-5/h6-14,16,18,20-21,23,26,44H,15,17,19H2,1-5H3,(H,41,47)(H,42,46)(H,43,45)/b32-18+. The summed E-state index contributed by atoms with van der Waals surface area (Å²) in [4.78, 5) is 42.0. The molecule has 0 saturated heterocycles. The molecule has 1 aliphatic rings. The number of thiophene rings is 1. The topological polar surface area (TPSA) is 141 Å². The van der Waals surface area contributed by atoms with Gasteiger partial charge in [0.1, 0.15) is 28.3 Å². The minimum Gasteiger partial charge on any atom is -0.508 e. The zero-order chi connectivity index (χ0) is 36.0. The summed E-state index contributed by atoms with van der Waals surface area (Å²) in [5, 5.41) is 28.5. The number of rotatable bonds is 10. The van der Waals surface area contributed by atoms with Crippen molar-refractivity contribution >= 4 is 57.6 Å². The van der Waals surface area contributed by atoms with Crippen LogP contribution >= 0.6 is 23.1 Å². The number of phenols is 1. The molecule has 2 atom stereocenters. The Morgan fingerprint density at radius 3 is 2.52 bits per heavy atom. The van der Waals surface area contributed by atoms with Gasteiger partial charge in [-0.3, -0.25) is 14.4 Å². The van der Waals surface area contributed by atoms with Crippen LogP contribution in [0.5, 0.6) is 11.5 Å². The molecular formula is C39H40N4O5S2. The number of amides is 3. The first-order valence-corrected chi connectivity index (χ1v) is 17.9. The van der Waals surface area contributed by atoms with E-state index in [-0.39, 0.29) is 22.8 Å². The molecule has 3 amide bonds. The lowest BCUT2D eigenvalue weighted by molar-refractivity contribution is -0.115. The Balaban J connectivity index is 1.30. The van der Waals surface area contributed by atoms with Gasteiger partial charge >= 0.3 is 0 Å². The maximum atomic E-state index is 13.6. The molecule has 9 nitrogen and oxygen atoms in total. The van der Waals surface area contributed by atoms with Gasteiger partial charge in [-0.2, -0.15) is 5.26 Å². The van der Waals surface area contributed by atoms with Gasteiger partial charge in [0.15, 0.2) is 0 Å². The zero-order valence-electron chi connectivity index (χ0n) is 28.6. The molecule has 0 fully saturated rings. The SMILES string of the molecule is COc1cc(O)ccc1/C=C(/NC(=O)c1ccccc1)C(=O)Nc1cccc(SC(C)C(=O)Nc2sc3c(c2C#N)CCC(C(C)(C)C)C3)c1. The molecule has 2 unspecified atom stereocenters. The van der Waals surface area contributed by atoms with Crippen LogP contribution in [0.15, 0.2) is 83.4 Å². The first kappa shape index (κ1) is 36.2. The van der Waals surface area contributed by atoms with Crippen molar-refractivity contribution in [3.8, 4) is 17.6 Å². The molecule has 0 radical (unpaired) electrons. The summed E-state index contributed by atoms with van der Waals surface area (Å²) in [6.07, 6.45) is 4.24. The summed E-state index contributed by atoms with van der Waals surface area (Å²) in [5.74, 6) is -0.457. The number of nitriles is 1. The van der Waals surface area contributed by atoms with Crippen molar-refractivity contribution in [2.45, 2.75) is 57.1 Å². The molecule has 0 spiro atoms. The van der Waals surface area contributed by atoms with E-state index in [0.717, 1.165) is 29.7 Å². The number of methoxy groups -OCH3 is 1. The number of fused-ring (bicyclic) bond motifs is 1. The highest BCUT2D eigenvalue weighted by Crippen LogP contribution is 2.44. The third kappa shape index (κ3) is 8.75. The number of ether oxygens (including phenoxy) is 1. The van der Waals surface area contributed by atoms with E-state index in [4.69, 9.17) is 4.74 Å². The Bertz CT molecular complexity index is 1970. The molecule has 5 rings (SSSR count). The van der Waals surface area contributed by atoms with Gasteiger partial charge in [0.2, 0.25) is 5.91 Å². The number of thioether (sulfide) groups is 1. The van der Waals surface area contributed by atoms with Crippen molar-refractivity contribution in [3.63, 3.8) is 0 Å². The Morgan fingerprint density at radius 2 is 1.82 bits per heavy atom. The lowest BCUT2D eigenvalue weighted by Gasteiger charge is -2.33. The number of benzene rings is 3. The Morgan fingerprint density at radius 1 is 1.06 bits per heavy atom. The summed E-state index contributed by atoms with van der Waals surface area (Å²) < 4.78 is 5.37. The molecule has 0 aliphatic heterocycles. The number of carbonyl (C=O) groups is 3. The van der Waals surface area contributed by atoms with Crippen LogP contribution in [-0.2, 0) is 22.4 Å². The van der Waals surface area contributed by atoms with Crippen LogP contribution in [0.2, 0.25) is 0 Å². The lowest BCUT2D eigenvalue weighted by Crippen LogP contribution is -2.30. The van der Waals surface area contributed by atoms with Crippen LogP contribution in [0.4, 0.5) is 10.7 Å². The van der Waals surface area contributed by atoms with Gasteiger partial charge in [0.25, 0.3) is 11.8 Å². The number of nitrogens with one attached hydrogen (secondary N) is 3. The van der Waals surface area contributed by atoms with Crippen molar-refractivity contribution in [3.05, 3.63) is 106 Å². The summed E-state index contributed by atoms with van der Waals surface area (Å²) in [6, 6.07) is 22.4.